The van der Waals surface area contributed by atoms with Crippen LogP contribution < -0.4 is 4.74 Å². The number of halogens is 1. The van der Waals surface area contributed by atoms with Crippen molar-refractivity contribution in [1.29, 1.82) is 0 Å². The van der Waals surface area contributed by atoms with Crippen LogP contribution in [0.5, 0.6) is 5.75 Å². The first-order chi connectivity index (χ1) is 9.08. The van der Waals surface area contributed by atoms with Crippen molar-refractivity contribution < 1.29 is 14.5 Å². The Morgan fingerprint density at radius 1 is 1.42 bits per heavy atom. The lowest BCUT2D eigenvalue weighted by molar-refractivity contribution is -0.384. The number of thiophene rings is 1. The highest BCUT2D eigenvalue weighted by Crippen LogP contribution is 2.29. The molecule has 0 aliphatic heterocycles. The van der Waals surface area contributed by atoms with Crippen molar-refractivity contribution >= 4 is 38.7 Å². The van der Waals surface area contributed by atoms with E-state index in [1.54, 1.807) is 17.5 Å². The zero-order chi connectivity index (χ0) is 13.8. The van der Waals surface area contributed by atoms with Crippen LogP contribution in [0.15, 0.2) is 40.2 Å². The minimum atomic E-state index is -0.514. The van der Waals surface area contributed by atoms with Crippen molar-refractivity contribution in [2.45, 2.75) is 0 Å². The maximum atomic E-state index is 11.7. The van der Waals surface area contributed by atoms with Gasteiger partial charge in [0.2, 0.25) is 5.78 Å². The summed E-state index contributed by atoms with van der Waals surface area (Å²) >= 11 is 4.55. The summed E-state index contributed by atoms with van der Waals surface area (Å²) in [7, 11) is 0. The fraction of sp³-hybridized carbons (Fsp3) is 0.0833. The first-order valence-corrected chi connectivity index (χ1v) is 6.88. The number of nitro groups is 1. The second-order valence-electron chi connectivity index (χ2n) is 3.56. The van der Waals surface area contributed by atoms with E-state index in [1.807, 2.05) is 0 Å². The molecule has 0 saturated carbocycles. The first kappa shape index (κ1) is 13.7. The molecule has 0 radical (unpaired) electrons. The van der Waals surface area contributed by atoms with Gasteiger partial charge in [0.15, 0.2) is 6.61 Å². The third-order valence-corrected chi connectivity index (χ3v) is 3.85. The summed E-state index contributed by atoms with van der Waals surface area (Å²) in [5.41, 5.74) is -0.0817. The molecule has 2 aromatic rings. The van der Waals surface area contributed by atoms with Crippen molar-refractivity contribution in [3.63, 3.8) is 0 Å². The summed E-state index contributed by atoms with van der Waals surface area (Å²) in [5.74, 6) is 0.118. The van der Waals surface area contributed by atoms with E-state index in [1.165, 1.54) is 29.5 Å². The Labute approximate surface area is 121 Å². The molecule has 0 aliphatic carbocycles. The van der Waals surface area contributed by atoms with Gasteiger partial charge >= 0.3 is 0 Å². The van der Waals surface area contributed by atoms with Crippen LogP contribution >= 0.6 is 27.3 Å². The van der Waals surface area contributed by atoms with E-state index in [0.717, 1.165) is 0 Å². The summed E-state index contributed by atoms with van der Waals surface area (Å²) in [6.45, 7) is -0.152. The standard InChI is InChI=1S/C12H8BrNO4S/c13-9-4-3-8(14(16)17)6-11(9)18-7-10(15)12-2-1-5-19-12/h1-6H,7H2. The van der Waals surface area contributed by atoms with Gasteiger partial charge in [-0.2, -0.15) is 0 Å². The number of non-ortho nitro benzene ring substituents is 1. The Morgan fingerprint density at radius 3 is 2.84 bits per heavy atom. The predicted octanol–water partition coefficient (Wildman–Crippen LogP) is 3.68. The monoisotopic (exact) mass is 341 g/mol. The van der Waals surface area contributed by atoms with Gasteiger partial charge in [0.25, 0.3) is 5.69 Å². The lowest BCUT2D eigenvalue weighted by Crippen LogP contribution is -2.10. The summed E-state index contributed by atoms with van der Waals surface area (Å²) in [4.78, 5) is 22.5. The van der Waals surface area contributed by atoms with E-state index in [-0.39, 0.29) is 23.8 Å². The molecule has 0 bridgehead atoms. The van der Waals surface area contributed by atoms with Gasteiger partial charge in [-0.15, -0.1) is 11.3 Å². The Balaban J connectivity index is 2.09. The molecule has 0 atom stereocenters. The quantitative estimate of drug-likeness (QED) is 0.472. The van der Waals surface area contributed by atoms with Crippen molar-refractivity contribution in [3.8, 4) is 5.75 Å². The molecular formula is C12H8BrNO4S. The molecule has 0 saturated heterocycles. The first-order valence-electron chi connectivity index (χ1n) is 5.21. The number of hydrogen-bond donors (Lipinski definition) is 0. The average molecular weight is 342 g/mol. The fourth-order valence-corrected chi connectivity index (χ4v) is 2.38. The molecule has 0 fully saturated rings. The van der Waals surface area contributed by atoms with Crippen molar-refractivity contribution in [2.75, 3.05) is 6.61 Å². The molecule has 98 valence electrons. The number of carbonyl (C=O) groups excluding carboxylic acids is 1. The van der Waals surface area contributed by atoms with Gasteiger partial charge in [0, 0.05) is 6.07 Å². The van der Waals surface area contributed by atoms with E-state index >= 15 is 0 Å². The van der Waals surface area contributed by atoms with Gasteiger partial charge in [0.05, 0.1) is 20.3 Å². The number of hydrogen-bond acceptors (Lipinski definition) is 5. The van der Waals surface area contributed by atoms with Gasteiger partial charge < -0.3 is 4.74 Å². The van der Waals surface area contributed by atoms with Crippen LogP contribution in [0.1, 0.15) is 9.67 Å². The van der Waals surface area contributed by atoms with Crippen molar-refractivity contribution in [1.82, 2.24) is 0 Å². The van der Waals surface area contributed by atoms with Crippen LogP contribution in [-0.4, -0.2) is 17.3 Å². The number of ether oxygens (including phenoxy) is 1. The third kappa shape index (κ3) is 3.39. The van der Waals surface area contributed by atoms with Crippen molar-refractivity contribution in [2.24, 2.45) is 0 Å². The number of ketones is 1. The number of nitro benzene ring substituents is 1. The highest BCUT2D eigenvalue weighted by molar-refractivity contribution is 9.10. The Hall–Kier alpha value is -1.73. The van der Waals surface area contributed by atoms with Gasteiger partial charge in [0.1, 0.15) is 5.75 Å². The van der Waals surface area contributed by atoms with Crippen LogP contribution in [0.2, 0.25) is 0 Å². The molecule has 0 amide bonds. The van der Waals surface area contributed by atoms with Gasteiger partial charge in [-0.1, -0.05) is 6.07 Å². The summed E-state index contributed by atoms with van der Waals surface area (Å²) in [6.07, 6.45) is 0. The Bertz CT molecular complexity index is 612. The van der Waals surface area contributed by atoms with E-state index in [4.69, 9.17) is 4.74 Å². The van der Waals surface area contributed by atoms with Crippen LogP contribution in [-0.2, 0) is 0 Å². The molecule has 0 N–H and O–H groups in total. The van der Waals surface area contributed by atoms with Crippen LogP contribution in [0.3, 0.4) is 0 Å². The lowest BCUT2D eigenvalue weighted by Gasteiger charge is -2.06. The molecule has 1 heterocycles. The second-order valence-corrected chi connectivity index (χ2v) is 5.36. The minimum Gasteiger partial charge on any atom is -0.484 e. The van der Waals surface area contributed by atoms with Gasteiger partial charge in [-0.05, 0) is 33.4 Å². The molecule has 7 heteroatoms. The Kier molecular flexibility index (Phi) is 4.28. The maximum Gasteiger partial charge on any atom is 0.273 e. The van der Waals surface area contributed by atoms with E-state index in [2.05, 4.69) is 15.9 Å². The highest BCUT2D eigenvalue weighted by atomic mass is 79.9. The van der Waals surface area contributed by atoms with E-state index < -0.39 is 4.92 Å². The molecule has 1 aromatic carbocycles. The zero-order valence-electron chi connectivity index (χ0n) is 9.54. The van der Waals surface area contributed by atoms with Gasteiger partial charge in [-0.3, -0.25) is 14.9 Å². The minimum absolute atomic E-state index is 0.0817. The van der Waals surface area contributed by atoms with Crippen LogP contribution in [0, 0.1) is 10.1 Å². The number of nitrogens with zero attached hydrogens (tertiary/aromatic N) is 1. The maximum absolute atomic E-state index is 11.7. The smallest absolute Gasteiger partial charge is 0.273 e. The molecule has 5 nitrogen and oxygen atoms in total. The summed E-state index contributed by atoms with van der Waals surface area (Å²) in [6, 6.07) is 7.65. The summed E-state index contributed by atoms with van der Waals surface area (Å²) < 4.78 is 5.89. The Morgan fingerprint density at radius 2 is 2.21 bits per heavy atom. The number of Topliss-reactive ketones (excluding diaryl/α,β-unsaturated/α-hetero) is 1. The van der Waals surface area contributed by atoms with Crippen LogP contribution in [0.4, 0.5) is 5.69 Å². The molecule has 0 aliphatic rings. The molecule has 2 rings (SSSR count). The summed E-state index contributed by atoms with van der Waals surface area (Å²) in [5, 5.41) is 12.5. The third-order valence-electron chi connectivity index (χ3n) is 2.28. The SMILES string of the molecule is O=C(COc1cc([N+](=O)[O-])ccc1Br)c1cccs1. The predicted molar refractivity (Wildman–Crippen MR) is 74.9 cm³/mol. The topological polar surface area (TPSA) is 69.4 Å². The second kappa shape index (κ2) is 5.94. The van der Waals surface area contributed by atoms with Crippen LogP contribution in [0.25, 0.3) is 0 Å². The van der Waals surface area contributed by atoms with Gasteiger partial charge in [-0.25, -0.2) is 0 Å². The molecule has 0 spiro atoms. The average Bonchev–Trinajstić information content (AvgIpc) is 2.91. The molecule has 1 aromatic heterocycles. The molecule has 0 unspecified atom stereocenters. The molecular weight excluding hydrogens is 334 g/mol. The van der Waals surface area contributed by atoms with E-state index in [9.17, 15) is 14.9 Å². The number of rotatable bonds is 5. The zero-order valence-corrected chi connectivity index (χ0v) is 11.9. The molecule has 19 heavy (non-hydrogen) atoms. The van der Waals surface area contributed by atoms with Crippen molar-refractivity contribution in [3.05, 3.63) is 55.2 Å². The highest BCUT2D eigenvalue weighted by Gasteiger charge is 2.13. The number of carbonyl (C=O) groups is 1. The largest absolute Gasteiger partial charge is 0.484 e. The fourth-order valence-electron chi connectivity index (χ4n) is 1.37. The lowest BCUT2D eigenvalue weighted by atomic mass is 10.3. The van der Waals surface area contributed by atoms with E-state index in [0.29, 0.717) is 9.35 Å². The normalized spacial score (nSPS) is 10.2. The number of benzene rings is 1.